The van der Waals surface area contributed by atoms with Gasteiger partial charge in [0, 0.05) is 12.1 Å². The second-order valence-electron chi connectivity index (χ2n) is 4.60. The van der Waals surface area contributed by atoms with Gasteiger partial charge >= 0.3 is 0 Å². The Morgan fingerprint density at radius 3 is 3.00 bits per heavy atom. The molecule has 1 heterocycles. The standard InChI is InChI=1S/C15H17N3O2S/c1-3-8-16-15-18-14(20)12(21-15)9-13(19)17-11-7-5-4-6-10(11)2/h3-7,12H,1,8-9H2,2H3,(H,17,19)(H,16,18,20). The fourth-order valence-electron chi connectivity index (χ4n) is 1.85. The van der Waals surface area contributed by atoms with E-state index in [1.807, 2.05) is 31.2 Å². The lowest BCUT2D eigenvalue weighted by atomic mass is 10.2. The highest BCUT2D eigenvalue weighted by atomic mass is 32.2. The van der Waals surface area contributed by atoms with E-state index in [9.17, 15) is 9.59 Å². The Balaban J connectivity index is 1.93. The van der Waals surface area contributed by atoms with Crippen molar-refractivity contribution in [3.63, 3.8) is 0 Å². The lowest BCUT2D eigenvalue weighted by molar-refractivity contribution is -0.122. The van der Waals surface area contributed by atoms with Crippen LogP contribution in [0.5, 0.6) is 0 Å². The number of para-hydroxylation sites is 1. The maximum atomic E-state index is 12.0. The largest absolute Gasteiger partial charge is 0.326 e. The van der Waals surface area contributed by atoms with E-state index < -0.39 is 5.25 Å². The number of thioether (sulfide) groups is 1. The van der Waals surface area contributed by atoms with E-state index in [0.717, 1.165) is 11.3 Å². The van der Waals surface area contributed by atoms with Crippen LogP contribution in [0.25, 0.3) is 0 Å². The predicted octanol–water partition coefficient (Wildman–Crippen LogP) is 2.10. The number of carbonyl (C=O) groups excluding carboxylic acids is 2. The summed E-state index contributed by atoms with van der Waals surface area (Å²) in [6.45, 7) is 5.94. The Hall–Kier alpha value is -2.08. The van der Waals surface area contributed by atoms with E-state index >= 15 is 0 Å². The summed E-state index contributed by atoms with van der Waals surface area (Å²) in [5.74, 6) is -0.357. The number of rotatable bonds is 5. The van der Waals surface area contributed by atoms with Crippen LogP contribution in [0.15, 0.2) is 41.9 Å². The lowest BCUT2D eigenvalue weighted by Gasteiger charge is -2.09. The van der Waals surface area contributed by atoms with Crippen molar-refractivity contribution in [1.82, 2.24) is 5.32 Å². The van der Waals surface area contributed by atoms with E-state index in [1.54, 1.807) is 6.08 Å². The molecule has 21 heavy (non-hydrogen) atoms. The molecule has 0 radical (unpaired) electrons. The second-order valence-corrected chi connectivity index (χ2v) is 5.79. The number of anilines is 1. The Morgan fingerprint density at radius 2 is 2.29 bits per heavy atom. The minimum atomic E-state index is -0.433. The summed E-state index contributed by atoms with van der Waals surface area (Å²) in [4.78, 5) is 28.0. The fourth-order valence-corrected chi connectivity index (χ4v) is 2.82. The van der Waals surface area contributed by atoms with Crippen molar-refractivity contribution in [3.8, 4) is 0 Å². The minimum absolute atomic E-state index is 0.123. The predicted molar refractivity (Wildman–Crippen MR) is 86.4 cm³/mol. The zero-order valence-electron chi connectivity index (χ0n) is 11.8. The van der Waals surface area contributed by atoms with Gasteiger partial charge in [0.25, 0.3) is 0 Å². The van der Waals surface area contributed by atoms with Crippen molar-refractivity contribution >= 4 is 34.4 Å². The van der Waals surface area contributed by atoms with Gasteiger partial charge in [-0.05, 0) is 18.6 Å². The first-order chi connectivity index (χ1) is 10.1. The lowest BCUT2D eigenvalue weighted by Crippen LogP contribution is -2.28. The van der Waals surface area contributed by atoms with Crippen LogP contribution in [0.1, 0.15) is 12.0 Å². The van der Waals surface area contributed by atoms with Crippen molar-refractivity contribution in [2.24, 2.45) is 4.99 Å². The molecule has 0 spiro atoms. The second kappa shape index (κ2) is 7.08. The van der Waals surface area contributed by atoms with Crippen molar-refractivity contribution < 1.29 is 9.59 Å². The van der Waals surface area contributed by atoms with Crippen molar-refractivity contribution in [2.45, 2.75) is 18.6 Å². The summed E-state index contributed by atoms with van der Waals surface area (Å²) in [7, 11) is 0. The molecule has 1 fully saturated rings. The van der Waals surface area contributed by atoms with Crippen LogP contribution in [0.4, 0.5) is 5.69 Å². The number of hydrogen-bond acceptors (Lipinski definition) is 4. The molecule has 1 aliphatic rings. The van der Waals surface area contributed by atoms with Crippen LogP contribution >= 0.6 is 11.8 Å². The molecular formula is C15H17N3O2S. The molecule has 0 saturated carbocycles. The van der Waals surface area contributed by atoms with Crippen LogP contribution in [0.2, 0.25) is 0 Å². The SMILES string of the molecule is C=CCN=C1NC(=O)C(CC(=O)Nc2ccccc2C)S1. The molecular weight excluding hydrogens is 286 g/mol. The van der Waals surface area contributed by atoms with Crippen LogP contribution in [0, 0.1) is 6.92 Å². The number of carbonyl (C=O) groups is 2. The van der Waals surface area contributed by atoms with Gasteiger partial charge in [0.15, 0.2) is 5.17 Å². The summed E-state index contributed by atoms with van der Waals surface area (Å²) >= 11 is 1.28. The first-order valence-electron chi connectivity index (χ1n) is 6.58. The van der Waals surface area contributed by atoms with Gasteiger partial charge in [0.05, 0.1) is 6.54 Å². The minimum Gasteiger partial charge on any atom is -0.326 e. The molecule has 0 bridgehead atoms. The molecule has 5 nitrogen and oxygen atoms in total. The maximum Gasteiger partial charge on any atom is 0.240 e. The van der Waals surface area contributed by atoms with Gasteiger partial charge in [-0.15, -0.1) is 6.58 Å². The third-order valence-corrected chi connectivity index (χ3v) is 4.05. The summed E-state index contributed by atoms with van der Waals surface area (Å²) in [5.41, 5.74) is 1.76. The van der Waals surface area contributed by atoms with Crippen molar-refractivity contribution in [2.75, 3.05) is 11.9 Å². The number of amides is 2. The Bertz CT molecular complexity index is 598. The molecule has 2 rings (SSSR count). The summed E-state index contributed by atoms with van der Waals surface area (Å²) in [6, 6.07) is 7.53. The monoisotopic (exact) mass is 303 g/mol. The number of aryl methyl sites for hydroxylation is 1. The maximum absolute atomic E-state index is 12.0. The summed E-state index contributed by atoms with van der Waals surface area (Å²) < 4.78 is 0. The topological polar surface area (TPSA) is 70.6 Å². The van der Waals surface area contributed by atoms with Crippen LogP contribution in [0.3, 0.4) is 0 Å². The summed E-state index contributed by atoms with van der Waals surface area (Å²) in [5, 5.41) is 5.61. The van der Waals surface area contributed by atoms with Crippen LogP contribution in [-0.4, -0.2) is 28.8 Å². The summed E-state index contributed by atoms with van der Waals surface area (Å²) in [6.07, 6.45) is 1.77. The average Bonchev–Trinajstić information content (AvgIpc) is 2.79. The number of hydrogen-bond donors (Lipinski definition) is 2. The molecule has 2 N–H and O–H groups in total. The highest BCUT2D eigenvalue weighted by Gasteiger charge is 2.31. The third kappa shape index (κ3) is 4.19. The number of nitrogens with one attached hydrogen (secondary N) is 2. The highest BCUT2D eigenvalue weighted by molar-refractivity contribution is 8.15. The molecule has 1 unspecified atom stereocenters. The molecule has 6 heteroatoms. The van der Waals surface area contributed by atoms with E-state index in [-0.39, 0.29) is 18.2 Å². The van der Waals surface area contributed by atoms with Gasteiger partial charge in [-0.25, -0.2) is 0 Å². The number of aliphatic imine (C=N–C) groups is 1. The molecule has 1 aliphatic heterocycles. The van der Waals surface area contributed by atoms with Gasteiger partial charge in [0.1, 0.15) is 5.25 Å². The normalized spacial score (nSPS) is 19.4. The quantitative estimate of drug-likeness (QED) is 0.818. The van der Waals surface area contributed by atoms with Crippen molar-refractivity contribution in [1.29, 1.82) is 0 Å². The molecule has 1 atom stereocenters. The van der Waals surface area contributed by atoms with Gasteiger partial charge in [-0.3, -0.25) is 14.6 Å². The Labute approximate surface area is 127 Å². The number of amidine groups is 1. The van der Waals surface area contributed by atoms with E-state index in [2.05, 4.69) is 22.2 Å². The van der Waals surface area contributed by atoms with E-state index in [4.69, 9.17) is 0 Å². The van der Waals surface area contributed by atoms with Gasteiger partial charge in [0.2, 0.25) is 11.8 Å². The number of nitrogens with zero attached hydrogens (tertiary/aromatic N) is 1. The first-order valence-corrected chi connectivity index (χ1v) is 7.46. The molecule has 0 aromatic heterocycles. The van der Waals surface area contributed by atoms with Crippen LogP contribution < -0.4 is 10.6 Å². The smallest absolute Gasteiger partial charge is 0.240 e. The molecule has 110 valence electrons. The number of benzene rings is 1. The van der Waals surface area contributed by atoms with E-state index in [0.29, 0.717) is 11.7 Å². The third-order valence-electron chi connectivity index (χ3n) is 2.93. The zero-order chi connectivity index (χ0) is 15.2. The zero-order valence-corrected chi connectivity index (χ0v) is 12.6. The van der Waals surface area contributed by atoms with E-state index in [1.165, 1.54) is 11.8 Å². The first kappa shape index (κ1) is 15.3. The van der Waals surface area contributed by atoms with Gasteiger partial charge < -0.3 is 10.6 Å². The fraction of sp³-hybridized carbons (Fsp3) is 0.267. The molecule has 2 amide bonds. The molecule has 1 saturated heterocycles. The molecule has 0 aliphatic carbocycles. The Kier molecular flexibility index (Phi) is 5.16. The van der Waals surface area contributed by atoms with Gasteiger partial charge in [-0.1, -0.05) is 36.0 Å². The van der Waals surface area contributed by atoms with Crippen molar-refractivity contribution in [3.05, 3.63) is 42.5 Å². The van der Waals surface area contributed by atoms with Crippen LogP contribution in [-0.2, 0) is 9.59 Å². The Morgan fingerprint density at radius 1 is 1.52 bits per heavy atom. The molecule has 1 aromatic carbocycles. The average molecular weight is 303 g/mol. The molecule has 1 aromatic rings. The van der Waals surface area contributed by atoms with Gasteiger partial charge in [-0.2, -0.15) is 0 Å². The highest BCUT2D eigenvalue weighted by Crippen LogP contribution is 2.23.